The number of hydrogen-bond acceptors (Lipinski definition) is 2. The van der Waals surface area contributed by atoms with Gasteiger partial charge < -0.3 is 10.6 Å². The van der Waals surface area contributed by atoms with Crippen LogP contribution in [0.2, 0.25) is 0 Å². The largest absolute Gasteiger partial charge is 0.352 e. The Labute approximate surface area is 149 Å². The van der Waals surface area contributed by atoms with Crippen molar-refractivity contribution >= 4 is 30.1 Å². The molecule has 24 heavy (non-hydrogen) atoms. The second-order valence-electron chi connectivity index (χ2n) is 5.26. The zero-order valence-electron chi connectivity index (χ0n) is 14.1. The van der Waals surface area contributed by atoms with E-state index in [9.17, 15) is 4.79 Å². The van der Waals surface area contributed by atoms with Gasteiger partial charge in [-0.3, -0.25) is 10.3 Å². The summed E-state index contributed by atoms with van der Waals surface area (Å²) in [5.41, 5.74) is 3.98. The van der Waals surface area contributed by atoms with Crippen molar-refractivity contribution in [3.63, 3.8) is 0 Å². The molecule has 0 heterocycles. The van der Waals surface area contributed by atoms with Crippen molar-refractivity contribution in [1.29, 1.82) is 0 Å². The summed E-state index contributed by atoms with van der Waals surface area (Å²) in [6, 6.07) is 15.5. The molecule has 0 bridgehead atoms. The fourth-order valence-corrected chi connectivity index (χ4v) is 2.22. The number of carbonyl (C=O) groups is 1. The fraction of sp³-hybridized carbons (Fsp3) is 0.222. The van der Waals surface area contributed by atoms with Gasteiger partial charge in [0.05, 0.1) is 0 Å². The smallest absolute Gasteiger partial charge is 0.326 e. The van der Waals surface area contributed by atoms with Crippen LogP contribution in [0.15, 0.2) is 53.5 Å². The molecule has 6 heteroatoms. The lowest BCUT2D eigenvalue weighted by Gasteiger charge is -2.14. The Morgan fingerprint density at radius 1 is 1.00 bits per heavy atom. The second kappa shape index (κ2) is 9.57. The third-order valence-electron chi connectivity index (χ3n) is 3.48. The van der Waals surface area contributed by atoms with Crippen LogP contribution in [0.3, 0.4) is 0 Å². The third kappa shape index (κ3) is 5.59. The number of benzene rings is 2. The van der Waals surface area contributed by atoms with E-state index in [1.165, 1.54) is 0 Å². The van der Waals surface area contributed by atoms with Gasteiger partial charge in [0.15, 0.2) is 5.96 Å². The lowest BCUT2D eigenvalue weighted by molar-refractivity contribution is 0.256. The molecule has 3 N–H and O–H groups in total. The Morgan fingerprint density at radius 2 is 1.62 bits per heavy atom. The molecule has 2 amide bonds. The highest BCUT2D eigenvalue weighted by Gasteiger charge is 2.09. The molecule has 0 fully saturated rings. The van der Waals surface area contributed by atoms with Crippen molar-refractivity contribution in [1.82, 2.24) is 10.6 Å². The van der Waals surface area contributed by atoms with Gasteiger partial charge in [-0.1, -0.05) is 48.5 Å². The molecule has 0 aliphatic heterocycles. The average molecular weight is 347 g/mol. The van der Waals surface area contributed by atoms with Crippen molar-refractivity contribution in [2.24, 2.45) is 4.99 Å². The highest BCUT2D eigenvalue weighted by atomic mass is 35.5. The van der Waals surface area contributed by atoms with Crippen LogP contribution in [0.5, 0.6) is 0 Å². The van der Waals surface area contributed by atoms with Crippen LogP contribution in [0.25, 0.3) is 0 Å². The zero-order valence-corrected chi connectivity index (χ0v) is 14.9. The van der Waals surface area contributed by atoms with Crippen LogP contribution in [0.1, 0.15) is 16.7 Å². The van der Waals surface area contributed by atoms with Gasteiger partial charge in [0, 0.05) is 19.3 Å². The number of nitrogens with zero attached hydrogens (tertiary/aromatic N) is 1. The van der Waals surface area contributed by atoms with E-state index in [2.05, 4.69) is 20.9 Å². The summed E-state index contributed by atoms with van der Waals surface area (Å²) >= 11 is 0. The minimum atomic E-state index is -0.316. The maximum Gasteiger partial charge on any atom is 0.326 e. The Balaban J connectivity index is 0.00000288. The molecule has 0 spiro atoms. The summed E-state index contributed by atoms with van der Waals surface area (Å²) in [6.07, 6.45) is 0. The number of amides is 2. The predicted molar refractivity (Wildman–Crippen MR) is 102 cm³/mol. The van der Waals surface area contributed by atoms with Crippen LogP contribution < -0.4 is 16.0 Å². The van der Waals surface area contributed by atoms with Crippen molar-refractivity contribution < 1.29 is 4.79 Å². The van der Waals surface area contributed by atoms with E-state index in [-0.39, 0.29) is 18.4 Å². The van der Waals surface area contributed by atoms with Gasteiger partial charge >= 0.3 is 6.03 Å². The number of anilines is 1. The molecular formula is C18H23ClN4O. The van der Waals surface area contributed by atoms with E-state index >= 15 is 0 Å². The van der Waals surface area contributed by atoms with E-state index in [1.807, 2.05) is 62.4 Å². The zero-order chi connectivity index (χ0) is 16.7. The second-order valence-corrected chi connectivity index (χ2v) is 5.26. The summed E-state index contributed by atoms with van der Waals surface area (Å²) in [7, 11) is 1.63. The molecule has 0 radical (unpaired) electrons. The average Bonchev–Trinajstić information content (AvgIpc) is 2.56. The Kier molecular flexibility index (Phi) is 7.79. The third-order valence-corrected chi connectivity index (χ3v) is 3.48. The molecule has 0 aliphatic rings. The summed E-state index contributed by atoms with van der Waals surface area (Å²) in [6.45, 7) is 4.52. The molecule has 0 aromatic heterocycles. The lowest BCUT2D eigenvalue weighted by atomic mass is 10.1. The number of carbonyl (C=O) groups excluding carboxylic acids is 1. The van der Waals surface area contributed by atoms with E-state index in [0.717, 1.165) is 22.4 Å². The van der Waals surface area contributed by atoms with E-state index in [0.29, 0.717) is 12.5 Å². The van der Waals surface area contributed by atoms with Gasteiger partial charge in [-0.25, -0.2) is 4.79 Å². The number of halogens is 1. The first kappa shape index (κ1) is 19.5. The quantitative estimate of drug-likeness (QED) is 0.587. The normalized spacial score (nSPS) is 10.5. The number of aliphatic imine (C=N–C) groups is 1. The van der Waals surface area contributed by atoms with Crippen molar-refractivity contribution in [2.45, 2.75) is 20.4 Å². The van der Waals surface area contributed by atoms with Crippen molar-refractivity contribution in [2.75, 3.05) is 12.4 Å². The van der Waals surface area contributed by atoms with Crippen molar-refractivity contribution in [3.8, 4) is 0 Å². The Bertz CT molecular complexity index is 681. The number of nitrogens with one attached hydrogen (secondary N) is 3. The monoisotopic (exact) mass is 346 g/mol. The molecule has 0 unspecified atom stereocenters. The SMILES string of the molecule is CN=C(NCc1ccccc1)NC(=O)Nc1c(C)cccc1C.Cl. The number of hydrogen-bond donors (Lipinski definition) is 3. The minimum Gasteiger partial charge on any atom is -0.352 e. The summed E-state index contributed by atoms with van der Waals surface area (Å²) in [4.78, 5) is 16.2. The maximum absolute atomic E-state index is 12.2. The molecular weight excluding hydrogens is 324 g/mol. The summed E-state index contributed by atoms with van der Waals surface area (Å²) < 4.78 is 0. The van der Waals surface area contributed by atoms with Gasteiger partial charge in [0.1, 0.15) is 0 Å². The van der Waals surface area contributed by atoms with E-state index in [4.69, 9.17) is 0 Å². The Hall–Kier alpha value is -2.53. The van der Waals surface area contributed by atoms with Crippen molar-refractivity contribution in [3.05, 3.63) is 65.2 Å². The molecule has 2 aromatic rings. The molecule has 0 saturated carbocycles. The maximum atomic E-state index is 12.2. The molecule has 0 atom stereocenters. The molecule has 0 saturated heterocycles. The number of para-hydroxylation sites is 1. The Morgan fingerprint density at radius 3 is 2.21 bits per heavy atom. The van der Waals surface area contributed by atoms with Gasteiger partial charge in [0.25, 0.3) is 0 Å². The first-order valence-corrected chi connectivity index (χ1v) is 7.49. The minimum absolute atomic E-state index is 0. The number of urea groups is 1. The lowest BCUT2D eigenvalue weighted by Crippen LogP contribution is -2.42. The van der Waals surface area contributed by atoms with Crippen LogP contribution in [0.4, 0.5) is 10.5 Å². The molecule has 0 aliphatic carbocycles. The van der Waals surface area contributed by atoms with Gasteiger partial charge in [0.2, 0.25) is 0 Å². The summed E-state index contributed by atoms with van der Waals surface area (Å²) in [5.74, 6) is 0.428. The number of rotatable bonds is 3. The van der Waals surface area contributed by atoms with E-state index in [1.54, 1.807) is 7.05 Å². The summed E-state index contributed by atoms with van der Waals surface area (Å²) in [5, 5.41) is 8.71. The van der Waals surface area contributed by atoms with E-state index < -0.39 is 0 Å². The molecule has 2 aromatic carbocycles. The fourth-order valence-electron chi connectivity index (χ4n) is 2.22. The number of guanidine groups is 1. The molecule has 5 nitrogen and oxygen atoms in total. The van der Waals surface area contributed by atoms with Crippen LogP contribution in [-0.4, -0.2) is 19.0 Å². The highest BCUT2D eigenvalue weighted by molar-refractivity contribution is 6.02. The first-order chi connectivity index (χ1) is 11.1. The van der Waals surface area contributed by atoms with Gasteiger partial charge in [-0.05, 0) is 30.5 Å². The standard InChI is InChI=1S/C18H22N4O.ClH/c1-13-8-7-9-14(2)16(13)21-18(23)22-17(19-3)20-12-15-10-5-4-6-11-15;/h4-11H,12H2,1-3H3,(H3,19,20,21,22,23);1H. The van der Waals surface area contributed by atoms with Crippen LogP contribution in [-0.2, 0) is 6.54 Å². The van der Waals surface area contributed by atoms with Crippen LogP contribution >= 0.6 is 12.4 Å². The molecule has 128 valence electrons. The van der Waals surface area contributed by atoms with Gasteiger partial charge in [-0.15, -0.1) is 12.4 Å². The predicted octanol–water partition coefficient (Wildman–Crippen LogP) is 3.62. The first-order valence-electron chi connectivity index (χ1n) is 7.49. The highest BCUT2D eigenvalue weighted by Crippen LogP contribution is 2.18. The number of aryl methyl sites for hydroxylation is 2. The van der Waals surface area contributed by atoms with Crippen LogP contribution in [0, 0.1) is 13.8 Å². The molecule has 2 rings (SSSR count). The van der Waals surface area contributed by atoms with Gasteiger partial charge in [-0.2, -0.15) is 0 Å². The topological polar surface area (TPSA) is 65.5 Å².